The van der Waals surface area contributed by atoms with Gasteiger partial charge in [0, 0.05) is 13.1 Å². The second kappa shape index (κ2) is 8.33. The van der Waals surface area contributed by atoms with Gasteiger partial charge in [0.1, 0.15) is 18.2 Å². The van der Waals surface area contributed by atoms with Crippen molar-refractivity contribution >= 4 is 11.9 Å². The lowest BCUT2D eigenvalue weighted by atomic mass is 10.1. The van der Waals surface area contributed by atoms with E-state index in [4.69, 9.17) is 15.2 Å². The number of likely N-dealkylation sites (tertiary alicyclic amines) is 1. The van der Waals surface area contributed by atoms with E-state index in [1.807, 2.05) is 49.7 Å². The Morgan fingerprint density at radius 3 is 2.67 bits per heavy atom. The minimum absolute atomic E-state index is 0.104. The molecule has 0 saturated carbocycles. The first kappa shape index (κ1) is 19.1. The first-order chi connectivity index (χ1) is 13.0. The summed E-state index contributed by atoms with van der Waals surface area (Å²) >= 11 is 0. The lowest BCUT2D eigenvalue weighted by Crippen LogP contribution is -2.40. The topological polar surface area (TPSA) is 82.6 Å². The molecule has 0 bridgehead atoms. The molecule has 1 aromatic heterocycles. The molecule has 1 fully saturated rings. The average Bonchev–Trinajstić information content (AvgIpc) is 3.01. The van der Waals surface area contributed by atoms with Gasteiger partial charge in [0.25, 0.3) is 0 Å². The summed E-state index contributed by atoms with van der Waals surface area (Å²) < 4.78 is 13.0. The number of carbonyl (C=O) groups excluding carboxylic acids is 1. The molecule has 1 aliphatic rings. The van der Waals surface area contributed by atoms with Crippen molar-refractivity contribution in [3.8, 4) is 5.75 Å². The normalized spacial score (nSPS) is 15.2. The Morgan fingerprint density at radius 2 is 2.00 bits per heavy atom. The Balaban J connectivity index is 1.58. The lowest BCUT2D eigenvalue weighted by molar-refractivity contribution is 0.0655. The summed E-state index contributed by atoms with van der Waals surface area (Å²) in [6.45, 7) is 7.40. The zero-order valence-electron chi connectivity index (χ0n) is 16.2. The molecule has 27 heavy (non-hydrogen) atoms. The molecule has 0 spiro atoms. The highest BCUT2D eigenvalue weighted by Crippen LogP contribution is 2.27. The fourth-order valence-corrected chi connectivity index (χ4v) is 3.25. The number of nitrogens with two attached hydrogens (primary N) is 1. The van der Waals surface area contributed by atoms with Gasteiger partial charge < -0.3 is 20.1 Å². The number of aryl methyl sites for hydroxylation is 1. The number of piperidine rings is 1. The van der Waals surface area contributed by atoms with Gasteiger partial charge in [-0.1, -0.05) is 18.2 Å². The molecule has 2 heterocycles. The summed E-state index contributed by atoms with van der Waals surface area (Å²) in [5.74, 6) is 1.48. The van der Waals surface area contributed by atoms with Crippen LogP contribution in [0.4, 0.5) is 10.6 Å². The lowest BCUT2D eigenvalue weighted by Gasteiger charge is -2.32. The van der Waals surface area contributed by atoms with E-state index < -0.39 is 0 Å². The Labute approximate surface area is 160 Å². The van der Waals surface area contributed by atoms with E-state index in [2.05, 4.69) is 5.10 Å². The third kappa shape index (κ3) is 4.53. The first-order valence-electron chi connectivity index (χ1n) is 9.41. The van der Waals surface area contributed by atoms with Gasteiger partial charge in [0.15, 0.2) is 0 Å². The van der Waals surface area contributed by atoms with Crippen LogP contribution in [0, 0.1) is 6.92 Å². The smallest absolute Gasteiger partial charge is 0.410 e. The van der Waals surface area contributed by atoms with E-state index in [0.717, 1.165) is 29.7 Å². The minimum atomic E-state index is -0.246. The zero-order valence-corrected chi connectivity index (χ0v) is 16.2. The maximum atomic E-state index is 12.0. The largest absolute Gasteiger partial charge is 0.488 e. The predicted molar refractivity (Wildman–Crippen MR) is 104 cm³/mol. The number of benzene rings is 1. The summed E-state index contributed by atoms with van der Waals surface area (Å²) in [6.07, 6.45) is 3.03. The Hall–Kier alpha value is -2.70. The summed E-state index contributed by atoms with van der Waals surface area (Å²) in [5, 5.41) is 4.47. The van der Waals surface area contributed by atoms with Crippen LogP contribution in [0.15, 0.2) is 30.5 Å². The molecule has 1 aromatic carbocycles. The molecule has 7 nitrogen and oxygen atoms in total. The Kier molecular flexibility index (Phi) is 5.88. The highest BCUT2D eigenvalue weighted by Gasteiger charge is 2.27. The summed E-state index contributed by atoms with van der Waals surface area (Å²) in [4.78, 5) is 13.8. The van der Waals surface area contributed by atoms with Crippen LogP contribution >= 0.6 is 0 Å². The van der Waals surface area contributed by atoms with E-state index in [1.54, 1.807) is 11.1 Å². The van der Waals surface area contributed by atoms with Crippen molar-refractivity contribution in [2.75, 3.05) is 18.8 Å². The molecule has 0 unspecified atom stereocenters. The zero-order chi connectivity index (χ0) is 19.4. The number of rotatable bonds is 5. The van der Waals surface area contributed by atoms with E-state index in [9.17, 15) is 4.79 Å². The fraction of sp³-hybridized carbons (Fsp3) is 0.500. The summed E-state index contributed by atoms with van der Waals surface area (Å²) in [5.41, 5.74) is 8.27. The molecule has 2 N–H and O–H groups in total. The predicted octanol–water partition coefficient (Wildman–Crippen LogP) is 3.53. The van der Waals surface area contributed by atoms with Gasteiger partial charge >= 0.3 is 6.09 Å². The van der Waals surface area contributed by atoms with Crippen LogP contribution in [0.1, 0.15) is 43.9 Å². The molecule has 1 aliphatic heterocycles. The van der Waals surface area contributed by atoms with Crippen molar-refractivity contribution in [1.29, 1.82) is 0 Å². The molecule has 0 radical (unpaired) electrons. The van der Waals surface area contributed by atoms with Crippen LogP contribution in [0.25, 0.3) is 0 Å². The van der Waals surface area contributed by atoms with Crippen LogP contribution < -0.4 is 10.5 Å². The van der Waals surface area contributed by atoms with Gasteiger partial charge in [-0.2, -0.15) is 5.10 Å². The number of nitrogen functional groups attached to an aromatic ring is 1. The van der Waals surface area contributed by atoms with Crippen LogP contribution in [0.5, 0.6) is 5.75 Å². The highest BCUT2D eigenvalue weighted by atomic mass is 16.6. The number of ether oxygens (including phenoxy) is 2. The molecule has 0 atom stereocenters. The molecule has 146 valence electrons. The molecular weight excluding hydrogens is 344 g/mol. The van der Waals surface area contributed by atoms with Crippen LogP contribution in [0.2, 0.25) is 0 Å². The Morgan fingerprint density at radius 1 is 1.30 bits per heavy atom. The molecule has 0 aliphatic carbocycles. The van der Waals surface area contributed by atoms with Gasteiger partial charge in [-0.3, -0.25) is 0 Å². The highest BCUT2D eigenvalue weighted by molar-refractivity contribution is 5.67. The molecule has 1 amide bonds. The SMILES string of the molecule is Cc1ccccc1OCc1cnn(C2CCN(C(=O)OC(C)C)CC2)c1N. The van der Waals surface area contributed by atoms with Crippen molar-refractivity contribution in [2.24, 2.45) is 0 Å². The summed E-state index contributed by atoms with van der Waals surface area (Å²) in [6, 6.07) is 8.08. The number of carbonyl (C=O) groups is 1. The molecule has 3 rings (SSSR count). The second-order valence-electron chi connectivity index (χ2n) is 7.20. The molecular formula is C20H28N4O3. The standard InChI is InChI=1S/C20H28N4O3/c1-14(2)27-20(25)23-10-8-17(9-11-23)24-19(21)16(12-22-24)13-26-18-7-5-4-6-15(18)3/h4-7,12,14,17H,8-11,13,21H2,1-3H3. The van der Waals surface area contributed by atoms with Crippen molar-refractivity contribution in [3.05, 3.63) is 41.6 Å². The maximum absolute atomic E-state index is 12.0. The van der Waals surface area contributed by atoms with Crippen LogP contribution in [-0.2, 0) is 11.3 Å². The number of hydrogen-bond acceptors (Lipinski definition) is 5. The van der Waals surface area contributed by atoms with Crippen molar-refractivity contribution in [1.82, 2.24) is 14.7 Å². The van der Waals surface area contributed by atoms with Crippen molar-refractivity contribution in [3.63, 3.8) is 0 Å². The van der Waals surface area contributed by atoms with E-state index in [1.165, 1.54) is 0 Å². The number of hydrogen-bond donors (Lipinski definition) is 1. The molecule has 1 saturated heterocycles. The van der Waals surface area contributed by atoms with Gasteiger partial charge in [0.2, 0.25) is 0 Å². The number of amides is 1. The van der Waals surface area contributed by atoms with Gasteiger partial charge in [-0.15, -0.1) is 0 Å². The van der Waals surface area contributed by atoms with E-state index >= 15 is 0 Å². The van der Waals surface area contributed by atoms with E-state index in [-0.39, 0.29) is 18.2 Å². The molecule has 7 heteroatoms. The number of nitrogens with zero attached hydrogens (tertiary/aromatic N) is 3. The Bertz CT molecular complexity index is 779. The first-order valence-corrected chi connectivity index (χ1v) is 9.41. The van der Waals surface area contributed by atoms with Gasteiger partial charge in [-0.05, 0) is 45.2 Å². The fourth-order valence-electron chi connectivity index (χ4n) is 3.25. The summed E-state index contributed by atoms with van der Waals surface area (Å²) in [7, 11) is 0. The van der Waals surface area contributed by atoms with Crippen molar-refractivity contribution < 1.29 is 14.3 Å². The minimum Gasteiger partial charge on any atom is -0.488 e. The van der Waals surface area contributed by atoms with E-state index in [0.29, 0.717) is 25.5 Å². The third-order valence-electron chi connectivity index (χ3n) is 4.80. The van der Waals surface area contributed by atoms with Gasteiger partial charge in [-0.25, -0.2) is 9.48 Å². The van der Waals surface area contributed by atoms with Crippen molar-refractivity contribution in [2.45, 2.75) is 52.4 Å². The number of aromatic nitrogens is 2. The third-order valence-corrected chi connectivity index (χ3v) is 4.80. The van der Waals surface area contributed by atoms with Crippen LogP contribution in [-0.4, -0.2) is 40.0 Å². The average molecular weight is 372 g/mol. The quantitative estimate of drug-likeness (QED) is 0.868. The molecule has 2 aromatic rings. The monoisotopic (exact) mass is 372 g/mol. The number of para-hydroxylation sites is 1. The second-order valence-corrected chi connectivity index (χ2v) is 7.20. The van der Waals surface area contributed by atoms with Gasteiger partial charge in [0.05, 0.1) is 23.9 Å². The number of anilines is 1. The van der Waals surface area contributed by atoms with Crippen LogP contribution in [0.3, 0.4) is 0 Å². The maximum Gasteiger partial charge on any atom is 0.410 e.